The van der Waals surface area contributed by atoms with Crippen LogP contribution in [0.25, 0.3) is 0 Å². The summed E-state index contributed by atoms with van der Waals surface area (Å²) in [6, 6.07) is -0.478. The number of aliphatic hydroxyl groups is 4. The van der Waals surface area contributed by atoms with Crippen LogP contribution in [0, 0.1) is 40.4 Å². The van der Waals surface area contributed by atoms with Crippen molar-refractivity contribution in [2.75, 3.05) is 20.3 Å². The van der Waals surface area contributed by atoms with Crippen molar-refractivity contribution in [3.8, 4) is 0 Å². The molecule has 3 saturated carbocycles. The molecule has 4 aliphatic carbocycles. The van der Waals surface area contributed by atoms with Gasteiger partial charge in [0.15, 0.2) is 5.78 Å². The van der Waals surface area contributed by atoms with Gasteiger partial charge < -0.3 is 34.6 Å². The molecule has 46 heavy (non-hydrogen) atoms. The molecule has 0 unspecified atom stereocenters. The maximum atomic E-state index is 13.8. The summed E-state index contributed by atoms with van der Waals surface area (Å²) in [4.78, 5) is 26.0. The number of carbonyl (C=O) groups excluding carboxylic acids is 2. The Morgan fingerprint density at radius 3 is 2.59 bits per heavy atom. The third-order valence-electron chi connectivity index (χ3n) is 14.1. The van der Waals surface area contributed by atoms with Gasteiger partial charge in [0, 0.05) is 31.7 Å². The van der Waals surface area contributed by atoms with E-state index < -0.39 is 53.1 Å². The zero-order chi connectivity index (χ0) is 33.4. The number of carbonyl (C=O) groups is 2. The van der Waals surface area contributed by atoms with Crippen LogP contribution in [0.5, 0.6) is 0 Å². The largest absolute Gasteiger partial charge is 0.387 e. The average Bonchev–Trinajstić information content (AvgIpc) is 3.49. The van der Waals surface area contributed by atoms with Crippen LogP contribution in [-0.2, 0) is 23.8 Å². The van der Waals surface area contributed by atoms with E-state index in [1.54, 1.807) is 20.1 Å². The fourth-order valence-electron chi connectivity index (χ4n) is 11.3. The lowest BCUT2D eigenvalue weighted by molar-refractivity contribution is -0.201. The van der Waals surface area contributed by atoms with Crippen molar-refractivity contribution in [3.63, 3.8) is 0 Å². The molecule has 260 valence electrons. The summed E-state index contributed by atoms with van der Waals surface area (Å²) in [7, 11) is 1.68. The number of methoxy groups -OCH3 is 1. The number of ketones is 2. The minimum Gasteiger partial charge on any atom is -0.387 e. The Balaban J connectivity index is 1.21. The number of rotatable bonds is 9. The standard InChI is InChI=1S/C36H57NO9/c1-19-22-17-26(20(2)38)37-32(41)30(22)46-29(19)31(40)35(5,42)28-10-13-36(43)24-18-27(39)25-16-21(45-15-7-14-44-6)8-11-33(25,3)23(24)9-12-34(28,36)4/h18-19,21-23,25-26,28-32,37,40-43H,7-17H2,1-6H3/t19-,21+,22-,23+,25+,26-,28+,29+,30+,31-,32-,33-,34-,35+,36-/m1/s1. The molecule has 6 aliphatic rings. The number of piperidine rings is 1. The van der Waals surface area contributed by atoms with E-state index in [2.05, 4.69) is 12.2 Å². The van der Waals surface area contributed by atoms with Crippen molar-refractivity contribution >= 4 is 11.6 Å². The van der Waals surface area contributed by atoms with Gasteiger partial charge in [-0.05, 0) is 112 Å². The second kappa shape index (κ2) is 12.3. The molecule has 0 aromatic rings. The molecule has 0 spiro atoms. The molecule has 15 atom stereocenters. The molecule has 2 heterocycles. The first-order valence-corrected chi connectivity index (χ1v) is 17.7. The van der Waals surface area contributed by atoms with Crippen molar-refractivity contribution < 1.29 is 44.2 Å². The van der Waals surface area contributed by atoms with Gasteiger partial charge in [0.2, 0.25) is 0 Å². The van der Waals surface area contributed by atoms with Crippen LogP contribution in [0.1, 0.15) is 92.4 Å². The molecule has 0 bridgehead atoms. The normalized spacial score (nSPS) is 48.8. The first kappa shape index (κ1) is 34.6. The van der Waals surface area contributed by atoms with Crippen LogP contribution < -0.4 is 5.32 Å². The molecule has 10 heteroatoms. The van der Waals surface area contributed by atoms with Gasteiger partial charge in [-0.1, -0.05) is 20.8 Å². The SMILES string of the molecule is COCCCO[C@H]1CC[C@@]2(C)[C@@H](C1)C(=O)C=C1[C@@H]2CC[C@]2(C)[C@@H]([C@](C)(O)[C@H](O)[C@H]3O[C@H]4[C@H](C[C@H](C(C)=O)N[C@@H]4O)[C@H]3C)CC[C@@]12O. The lowest BCUT2D eigenvalue weighted by atomic mass is 9.46. The van der Waals surface area contributed by atoms with E-state index in [0.29, 0.717) is 45.3 Å². The van der Waals surface area contributed by atoms with Crippen LogP contribution in [-0.4, -0.2) is 100 Å². The van der Waals surface area contributed by atoms with Gasteiger partial charge in [-0.2, -0.15) is 0 Å². The third-order valence-corrected chi connectivity index (χ3v) is 14.1. The topological polar surface area (TPSA) is 155 Å². The highest BCUT2D eigenvalue weighted by Crippen LogP contribution is 2.69. The maximum Gasteiger partial charge on any atom is 0.159 e. The van der Waals surface area contributed by atoms with Crippen molar-refractivity contribution in [2.45, 2.75) is 140 Å². The summed E-state index contributed by atoms with van der Waals surface area (Å²) in [6.45, 7) is 10.6. The second-order valence-electron chi connectivity index (χ2n) is 16.4. The van der Waals surface area contributed by atoms with Gasteiger partial charge in [-0.15, -0.1) is 0 Å². The number of aliphatic hydroxyl groups excluding tert-OH is 2. The minimum absolute atomic E-state index is 0.0486. The fraction of sp³-hybridized carbons (Fsp3) is 0.889. The predicted molar refractivity (Wildman–Crippen MR) is 169 cm³/mol. The van der Waals surface area contributed by atoms with Gasteiger partial charge in [0.05, 0.1) is 29.5 Å². The molecular formula is C36H57NO9. The zero-order valence-corrected chi connectivity index (χ0v) is 28.5. The monoisotopic (exact) mass is 647 g/mol. The van der Waals surface area contributed by atoms with Gasteiger partial charge in [-0.25, -0.2) is 0 Å². The van der Waals surface area contributed by atoms with Gasteiger partial charge in [0.1, 0.15) is 24.2 Å². The van der Waals surface area contributed by atoms with Crippen molar-refractivity contribution in [3.05, 3.63) is 11.6 Å². The summed E-state index contributed by atoms with van der Waals surface area (Å²) in [6.07, 6.45) is 4.27. The van der Waals surface area contributed by atoms with E-state index in [1.165, 1.54) is 6.92 Å². The highest BCUT2D eigenvalue weighted by Gasteiger charge is 2.69. The summed E-state index contributed by atoms with van der Waals surface area (Å²) in [5.41, 5.74) is -3.09. The van der Waals surface area contributed by atoms with Crippen LogP contribution in [0.15, 0.2) is 11.6 Å². The van der Waals surface area contributed by atoms with Crippen LogP contribution >= 0.6 is 0 Å². The molecule has 0 radical (unpaired) electrons. The molecule has 2 aliphatic heterocycles. The number of hydrogen-bond donors (Lipinski definition) is 5. The van der Waals surface area contributed by atoms with Crippen molar-refractivity contribution in [1.82, 2.24) is 5.32 Å². The summed E-state index contributed by atoms with van der Waals surface area (Å²) < 4.78 is 17.6. The summed E-state index contributed by atoms with van der Waals surface area (Å²) in [5.74, 6) is -0.864. The van der Waals surface area contributed by atoms with E-state index in [-0.39, 0.29) is 46.8 Å². The fourth-order valence-corrected chi connectivity index (χ4v) is 11.3. The number of Topliss-reactive ketones (excluding diaryl/α,β-unsaturated/α-hetero) is 1. The van der Waals surface area contributed by atoms with E-state index >= 15 is 0 Å². The van der Waals surface area contributed by atoms with E-state index in [9.17, 15) is 30.0 Å². The van der Waals surface area contributed by atoms with E-state index in [4.69, 9.17) is 14.2 Å². The Kier molecular flexibility index (Phi) is 9.23. The first-order chi connectivity index (χ1) is 21.6. The summed E-state index contributed by atoms with van der Waals surface area (Å²) >= 11 is 0. The van der Waals surface area contributed by atoms with E-state index in [0.717, 1.165) is 31.3 Å². The Hall–Kier alpha value is -1.24. The summed E-state index contributed by atoms with van der Waals surface area (Å²) in [5, 5.41) is 50.5. The van der Waals surface area contributed by atoms with Crippen molar-refractivity contribution in [1.29, 1.82) is 0 Å². The number of hydrogen-bond acceptors (Lipinski definition) is 10. The highest BCUT2D eigenvalue weighted by molar-refractivity contribution is 5.95. The maximum absolute atomic E-state index is 13.8. The quantitative estimate of drug-likeness (QED) is 0.236. The lowest BCUT2D eigenvalue weighted by Crippen LogP contribution is -2.63. The molecule has 10 nitrogen and oxygen atoms in total. The van der Waals surface area contributed by atoms with Crippen LogP contribution in [0.2, 0.25) is 0 Å². The number of allylic oxidation sites excluding steroid dienone is 1. The first-order valence-electron chi connectivity index (χ1n) is 17.7. The second-order valence-corrected chi connectivity index (χ2v) is 16.4. The average molecular weight is 648 g/mol. The Morgan fingerprint density at radius 1 is 1.15 bits per heavy atom. The third kappa shape index (κ3) is 5.20. The van der Waals surface area contributed by atoms with Gasteiger partial charge >= 0.3 is 0 Å². The smallest absolute Gasteiger partial charge is 0.159 e. The number of nitrogens with one attached hydrogen (secondary N) is 1. The minimum atomic E-state index is -1.61. The van der Waals surface area contributed by atoms with Crippen LogP contribution in [0.4, 0.5) is 0 Å². The molecule has 6 rings (SSSR count). The van der Waals surface area contributed by atoms with Gasteiger partial charge in [0.25, 0.3) is 0 Å². The molecule has 0 aromatic carbocycles. The lowest BCUT2D eigenvalue weighted by Gasteiger charge is -2.60. The highest BCUT2D eigenvalue weighted by atomic mass is 16.5. The van der Waals surface area contributed by atoms with Crippen molar-refractivity contribution in [2.24, 2.45) is 40.4 Å². The molecule has 2 saturated heterocycles. The van der Waals surface area contributed by atoms with Gasteiger partial charge in [-0.3, -0.25) is 14.9 Å². The molecule has 0 amide bonds. The Morgan fingerprint density at radius 2 is 1.89 bits per heavy atom. The van der Waals surface area contributed by atoms with E-state index in [1.807, 2.05) is 13.8 Å². The number of ether oxygens (including phenoxy) is 3. The Bertz CT molecular complexity index is 1220. The number of fused-ring (bicyclic) bond motifs is 6. The zero-order valence-electron chi connectivity index (χ0n) is 28.5. The molecular weight excluding hydrogens is 590 g/mol. The molecule has 5 fully saturated rings. The Labute approximate surface area is 273 Å². The molecule has 5 N–H and O–H groups in total. The molecule has 0 aromatic heterocycles. The van der Waals surface area contributed by atoms with Crippen LogP contribution in [0.3, 0.4) is 0 Å². The predicted octanol–water partition coefficient (Wildman–Crippen LogP) is 2.68.